The number of hydrogen-bond acceptors (Lipinski definition) is 4. The van der Waals surface area contributed by atoms with E-state index in [1.54, 1.807) is 26.4 Å². The number of rotatable bonds is 6. The van der Waals surface area contributed by atoms with Crippen molar-refractivity contribution in [1.82, 2.24) is 15.2 Å². The Balaban J connectivity index is 2.57. The van der Waals surface area contributed by atoms with Crippen LogP contribution in [0.15, 0.2) is 18.3 Å². The number of likely N-dealkylation sites (N-methyl/N-ethyl adjacent to an activating group) is 1. The third kappa shape index (κ3) is 4.40. The molecule has 1 aromatic rings. The van der Waals surface area contributed by atoms with Crippen LogP contribution in [-0.4, -0.2) is 49.5 Å². The Morgan fingerprint density at radius 1 is 1.41 bits per heavy atom. The average Bonchev–Trinajstić information content (AvgIpc) is 2.34. The summed E-state index contributed by atoms with van der Waals surface area (Å²) in [5.41, 5.74) is 1.38. The van der Waals surface area contributed by atoms with Crippen LogP contribution >= 0.6 is 0 Å². The molecule has 5 heteroatoms. The van der Waals surface area contributed by atoms with Crippen LogP contribution in [0, 0.1) is 0 Å². The number of carbonyl (C=O) groups excluding carboxylic acids is 1. The first-order valence-electron chi connectivity index (χ1n) is 5.77. The third-order valence-electron chi connectivity index (χ3n) is 2.27. The Morgan fingerprint density at radius 3 is 2.82 bits per heavy atom. The minimum atomic E-state index is -0.0830. The highest BCUT2D eigenvalue weighted by atomic mass is 16.2. The van der Waals surface area contributed by atoms with Crippen molar-refractivity contribution in [3.8, 4) is 0 Å². The molecule has 0 aliphatic carbocycles. The lowest BCUT2D eigenvalue weighted by Gasteiger charge is -2.11. The van der Waals surface area contributed by atoms with Gasteiger partial charge in [0.2, 0.25) is 0 Å². The molecule has 0 saturated heterocycles. The Bertz CT molecular complexity index is 365. The summed E-state index contributed by atoms with van der Waals surface area (Å²) in [4.78, 5) is 17.3. The molecule has 0 unspecified atom stereocenters. The molecular weight excluding hydrogens is 216 g/mol. The van der Waals surface area contributed by atoms with Gasteiger partial charge in [-0.3, -0.25) is 9.78 Å². The van der Waals surface area contributed by atoms with Crippen LogP contribution in [0.1, 0.15) is 17.4 Å². The van der Waals surface area contributed by atoms with E-state index in [2.05, 4.69) is 22.5 Å². The van der Waals surface area contributed by atoms with E-state index in [1.165, 1.54) is 4.90 Å². The number of anilines is 1. The van der Waals surface area contributed by atoms with Crippen molar-refractivity contribution in [3.63, 3.8) is 0 Å². The predicted octanol–water partition coefficient (Wildman–Crippen LogP) is 0.805. The minimum Gasteiger partial charge on any atom is -0.384 e. The lowest BCUT2D eigenvalue weighted by Crippen LogP contribution is -2.23. The molecule has 0 aliphatic heterocycles. The molecule has 0 spiro atoms. The Kier molecular flexibility index (Phi) is 5.42. The van der Waals surface area contributed by atoms with Gasteiger partial charge in [0.15, 0.2) is 0 Å². The highest BCUT2D eigenvalue weighted by Crippen LogP contribution is 2.08. The Morgan fingerprint density at radius 2 is 2.18 bits per heavy atom. The number of pyridine rings is 1. The van der Waals surface area contributed by atoms with Crippen LogP contribution in [0.25, 0.3) is 0 Å². The highest BCUT2D eigenvalue weighted by molar-refractivity contribution is 5.92. The molecule has 1 heterocycles. The van der Waals surface area contributed by atoms with Gasteiger partial charge in [-0.2, -0.15) is 0 Å². The largest absolute Gasteiger partial charge is 0.384 e. The van der Waals surface area contributed by atoms with E-state index in [-0.39, 0.29) is 5.91 Å². The van der Waals surface area contributed by atoms with Gasteiger partial charge >= 0.3 is 0 Å². The van der Waals surface area contributed by atoms with Crippen molar-refractivity contribution in [1.29, 1.82) is 0 Å². The summed E-state index contributed by atoms with van der Waals surface area (Å²) >= 11 is 0. The first kappa shape index (κ1) is 13.4. The normalized spacial score (nSPS) is 10.1. The SMILES string of the molecule is CCNCCNc1ccnc(C(=O)N(C)C)c1. The third-order valence-corrected chi connectivity index (χ3v) is 2.27. The smallest absolute Gasteiger partial charge is 0.272 e. The van der Waals surface area contributed by atoms with Crippen molar-refractivity contribution in [2.45, 2.75) is 6.92 Å². The minimum absolute atomic E-state index is 0.0830. The zero-order valence-corrected chi connectivity index (χ0v) is 10.7. The van der Waals surface area contributed by atoms with Crippen LogP contribution < -0.4 is 10.6 Å². The second-order valence-electron chi connectivity index (χ2n) is 3.91. The number of hydrogen-bond donors (Lipinski definition) is 2. The lowest BCUT2D eigenvalue weighted by atomic mass is 10.3. The molecular formula is C12H20N4O. The van der Waals surface area contributed by atoms with E-state index in [0.717, 1.165) is 25.3 Å². The summed E-state index contributed by atoms with van der Waals surface area (Å²) in [5, 5.41) is 6.46. The fourth-order valence-electron chi connectivity index (χ4n) is 1.36. The van der Waals surface area contributed by atoms with Gasteiger partial charge < -0.3 is 15.5 Å². The lowest BCUT2D eigenvalue weighted by molar-refractivity contribution is 0.0822. The summed E-state index contributed by atoms with van der Waals surface area (Å²) in [5.74, 6) is -0.0830. The van der Waals surface area contributed by atoms with Gasteiger partial charge in [-0.1, -0.05) is 6.92 Å². The second kappa shape index (κ2) is 6.85. The summed E-state index contributed by atoms with van der Waals surface area (Å²) in [7, 11) is 3.44. The number of amides is 1. The van der Waals surface area contributed by atoms with E-state index in [0.29, 0.717) is 5.69 Å². The molecule has 0 bridgehead atoms. The van der Waals surface area contributed by atoms with Crippen molar-refractivity contribution in [2.24, 2.45) is 0 Å². The predicted molar refractivity (Wildman–Crippen MR) is 69.3 cm³/mol. The molecule has 1 amide bonds. The van der Waals surface area contributed by atoms with Gasteiger partial charge in [-0.15, -0.1) is 0 Å². The Labute approximate surface area is 102 Å². The van der Waals surface area contributed by atoms with E-state index in [4.69, 9.17) is 0 Å². The van der Waals surface area contributed by atoms with Gasteiger partial charge in [0.1, 0.15) is 5.69 Å². The molecule has 1 rings (SSSR count). The van der Waals surface area contributed by atoms with Crippen LogP contribution in [0.4, 0.5) is 5.69 Å². The Hall–Kier alpha value is -1.62. The molecule has 94 valence electrons. The molecule has 1 aromatic heterocycles. The molecule has 5 nitrogen and oxygen atoms in total. The van der Waals surface area contributed by atoms with Crippen LogP contribution in [0.3, 0.4) is 0 Å². The van der Waals surface area contributed by atoms with Crippen LogP contribution in [0.5, 0.6) is 0 Å². The molecule has 0 atom stereocenters. The van der Waals surface area contributed by atoms with Gasteiger partial charge in [0.25, 0.3) is 5.91 Å². The van der Waals surface area contributed by atoms with E-state index >= 15 is 0 Å². The quantitative estimate of drug-likeness (QED) is 0.718. The van der Waals surface area contributed by atoms with Gasteiger partial charge in [-0.25, -0.2) is 0 Å². The van der Waals surface area contributed by atoms with Gasteiger partial charge in [0.05, 0.1) is 0 Å². The van der Waals surface area contributed by atoms with Crippen molar-refractivity contribution < 1.29 is 4.79 Å². The molecule has 0 aliphatic rings. The average molecular weight is 236 g/mol. The van der Waals surface area contributed by atoms with E-state index in [1.807, 2.05) is 6.07 Å². The van der Waals surface area contributed by atoms with Crippen LogP contribution in [-0.2, 0) is 0 Å². The van der Waals surface area contributed by atoms with Crippen molar-refractivity contribution in [3.05, 3.63) is 24.0 Å². The van der Waals surface area contributed by atoms with Crippen molar-refractivity contribution >= 4 is 11.6 Å². The standard InChI is InChI=1S/C12H20N4O/c1-4-13-7-8-14-10-5-6-15-11(9-10)12(17)16(2)3/h5-6,9,13H,4,7-8H2,1-3H3,(H,14,15). The molecule has 0 radical (unpaired) electrons. The zero-order valence-electron chi connectivity index (χ0n) is 10.7. The van der Waals surface area contributed by atoms with Gasteiger partial charge in [0, 0.05) is 39.1 Å². The van der Waals surface area contributed by atoms with E-state index in [9.17, 15) is 4.79 Å². The molecule has 17 heavy (non-hydrogen) atoms. The molecule has 0 fully saturated rings. The molecule has 0 saturated carbocycles. The summed E-state index contributed by atoms with van der Waals surface area (Å²) in [6.07, 6.45) is 1.65. The second-order valence-corrected chi connectivity index (χ2v) is 3.91. The monoisotopic (exact) mass is 236 g/mol. The topological polar surface area (TPSA) is 57.3 Å². The fourth-order valence-corrected chi connectivity index (χ4v) is 1.36. The highest BCUT2D eigenvalue weighted by Gasteiger charge is 2.09. The number of carbonyl (C=O) groups is 1. The molecule has 0 aromatic carbocycles. The van der Waals surface area contributed by atoms with Crippen molar-refractivity contribution in [2.75, 3.05) is 39.0 Å². The van der Waals surface area contributed by atoms with Gasteiger partial charge in [-0.05, 0) is 18.7 Å². The number of nitrogens with zero attached hydrogens (tertiary/aromatic N) is 2. The maximum absolute atomic E-state index is 11.7. The first-order chi connectivity index (χ1) is 8.15. The number of aromatic nitrogens is 1. The first-order valence-corrected chi connectivity index (χ1v) is 5.77. The summed E-state index contributed by atoms with van der Waals surface area (Å²) in [6, 6.07) is 3.63. The fraction of sp³-hybridized carbons (Fsp3) is 0.500. The zero-order chi connectivity index (χ0) is 12.7. The summed E-state index contributed by atoms with van der Waals surface area (Å²) in [6.45, 7) is 4.76. The van der Waals surface area contributed by atoms with Crippen LogP contribution in [0.2, 0.25) is 0 Å². The molecule has 2 N–H and O–H groups in total. The maximum Gasteiger partial charge on any atom is 0.272 e. The van der Waals surface area contributed by atoms with E-state index < -0.39 is 0 Å². The number of nitrogens with one attached hydrogen (secondary N) is 2. The maximum atomic E-state index is 11.7. The summed E-state index contributed by atoms with van der Waals surface area (Å²) < 4.78 is 0.